The van der Waals surface area contributed by atoms with E-state index in [1.807, 2.05) is 41.5 Å². The molecule has 1 aromatic rings. The number of carbonyl (C=O) groups is 1. The van der Waals surface area contributed by atoms with Gasteiger partial charge in [-0.3, -0.25) is 4.79 Å². The lowest BCUT2D eigenvalue weighted by atomic mass is 9.82. The molecular weight excluding hydrogens is 269 g/mol. The molecule has 21 heavy (non-hydrogen) atoms. The highest BCUT2D eigenvalue weighted by atomic mass is 19.1. The number of nitrogens with one attached hydrogen (secondary N) is 1. The van der Waals surface area contributed by atoms with Crippen LogP contribution in [0.5, 0.6) is 0 Å². The largest absolute Gasteiger partial charge is 0.366 e. The normalized spacial score (nSPS) is 13.9. The predicted octanol–water partition coefficient (Wildman–Crippen LogP) is 3.84. The first-order valence-electron chi connectivity index (χ1n) is 7.18. The molecule has 0 aliphatic heterocycles. The maximum Gasteiger partial charge on any atom is 0.246 e. The number of ether oxygens (including phenoxy) is 1. The third-order valence-electron chi connectivity index (χ3n) is 3.01. The molecule has 4 heteroatoms. The average Bonchev–Trinajstić information content (AvgIpc) is 2.32. The Morgan fingerprint density at radius 3 is 2.10 bits per heavy atom. The Morgan fingerprint density at radius 2 is 1.67 bits per heavy atom. The second-order valence-corrected chi connectivity index (χ2v) is 7.32. The number of halogens is 1. The van der Waals surface area contributed by atoms with E-state index < -0.39 is 0 Å². The van der Waals surface area contributed by atoms with Gasteiger partial charge in [0, 0.05) is 0 Å². The third-order valence-corrected chi connectivity index (χ3v) is 3.01. The highest BCUT2D eigenvalue weighted by Crippen LogP contribution is 2.32. The van der Waals surface area contributed by atoms with Gasteiger partial charge in [0.2, 0.25) is 5.91 Å². The van der Waals surface area contributed by atoms with Gasteiger partial charge in [-0.05, 0) is 43.9 Å². The fourth-order valence-electron chi connectivity index (χ4n) is 1.94. The molecule has 1 unspecified atom stereocenters. The minimum absolute atomic E-state index is 0.0112. The lowest BCUT2D eigenvalue weighted by Crippen LogP contribution is -2.39. The minimum Gasteiger partial charge on any atom is -0.366 e. The molecule has 1 N–H and O–H groups in total. The van der Waals surface area contributed by atoms with Crippen LogP contribution in [0.3, 0.4) is 0 Å². The van der Waals surface area contributed by atoms with E-state index in [9.17, 15) is 9.18 Å². The van der Waals surface area contributed by atoms with Crippen LogP contribution >= 0.6 is 0 Å². The number of carbonyl (C=O) groups excluding carboxylic acids is 1. The SMILES string of the molecule is CC(C)(C)OCC(=O)NC(c1ccc(F)cc1)C(C)(C)C. The Morgan fingerprint density at radius 1 is 1.14 bits per heavy atom. The van der Waals surface area contributed by atoms with E-state index in [4.69, 9.17) is 4.74 Å². The molecule has 0 fully saturated rings. The van der Waals surface area contributed by atoms with Crippen LogP contribution in [0.2, 0.25) is 0 Å². The fraction of sp³-hybridized carbons (Fsp3) is 0.588. The summed E-state index contributed by atoms with van der Waals surface area (Å²) in [6.45, 7) is 11.8. The molecule has 0 saturated heterocycles. The minimum atomic E-state index is -0.357. The zero-order valence-corrected chi connectivity index (χ0v) is 13.8. The van der Waals surface area contributed by atoms with Crippen molar-refractivity contribution in [3.05, 3.63) is 35.6 Å². The number of hydrogen-bond acceptors (Lipinski definition) is 2. The molecular formula is C17H26FNO2. The van der Waals surface area contributed by atoms with Gasteiger partial charge in [-0.1, -0.05) is 32.9 Å². The molecule has 0 aliphatic rings. The van der Waals surface area contributed by atoms with Gasteiger partial charge in [-0.15, -0.1) is 0 Å². The van der Waals surface area contributed by atoms with E-state index in [0.717, 1.165) is 5.56 Å². The summed E-state index contributed by atoms with van der Waals surface area (Å²) in [5, 5.41) is 2.98. The zero-order chi connectivity index (χ0) is 16.3. The first kappa shape index (κ1) is 17.6. The first-order chi connectivity index (χ1) is 9.49. The van der Waals surface area contributed by atoms with Crippen molar-refractivity contribution < 1.29 is 13.9 Å². The summed E-state index contributed by atoms with van der Waals surface area (Å²) in [5.41, 5.74) is 0.340. The quantitative estimate of drug-likeness (QED) is 0.916. The summed E-state index contributed by atoms with van der Waals surface area (Å²) in [4.78, 5) is 12.1. The van der Waals surface area contributed by atoms with Crippen LogP contribution in [0.4, 0.5) is 4.39 Å². The van der Waals surface area contributed by atoms with Crippen molar-refractivity contribution in [2.45, 2.75) is 53.2 Å². The van der Waals surface area contributed by atoms with Gasteiger partial charge in [0.1, 0.15) is 12.4 Å². The summed E-state index contributed by atoms with van der Waals surface area (Å²) in [7, 11) is 0. The van der Waals surface area contributed by atoms with Crippen LogP contribution in [0.15, 0.2) is 24.3 Å². The lowest BCUT2D eigenvalue weighted by molar-refractivity contribution is -0.132. The Labute approximate surface area is 126 Å². The van der Waals surface area contributed by atoms with Crippen molar-refractivity contribution in [1.29, 1.82) is 0 Å². The van der Waals surface area contributed by atoms with Gasteiger partial charge in [0.25, 0.3) is 0 Å². The Bertz CT molecular complexity index is 469. The maximum atomic E-state index is 13.1. The van der Waals surface area contributed by atoms with Crippen LogP contribution < -0.4 is 5.32 Å². The van der Waals surface area contributed by atoms with Gasteiger partial charge in [-0.2, -0.15) is 0 Å². The number of amides is 1. The van der Waals surface area contributed by atoms with Crippen molar-refractivity contribution in [1.82, 2.24) is 5.32 Å². The summed E-state index contributed by atoms with van der Waals surface area (Å²) < 4.78 is 18.5. The molecule has 0 radical (unpaired) electrons. The molecule has 118 valence electrons. The molecule has 0 bridgehead atoms. The van der Waals surface area contributed by atoms with Crippen molar-refractivity contribution in [3.63, 3.8) is 0 Å². The van der Waals surface area contributed by atoms with Gasteiger partial charge in [0.05, 0.1) is 11.6 Å². The third kappa shape index (κ3) is 6.25. The molecule has 0 aromatic heterocycles. The van der Waals surface area contributed by atoms with Crippen LogP contribution in [0.25, 0.3) is 0 Å². The second-order valence-electron chi connectivity index (χ2n) is 7.32. The Kier molecular flexibility index (Phi) is 5.51. The lowest BCUT2D eigenvalue weighted by Gasteiger charge is -2.32. The fourth-order valence-corrected chi connectivity index (χ4v) is 1.94. The summed E-state index contributed by atoms with van der Waals surface area (Å²) >= 11 is 0. The van der Waals surface area contributed by atoms with Crippen molar-refractivity contribution in [2.75, 3.05) is 6.61 Å². The monoisotopic (exact) mass is 295 g/mol. The Balaban J connectivity index is 2.81. The highest BCUT2D eigenvalue weighted by Gasteiger charge is 2.28. The van der Waals surface area contributed by atoms with E-state index in [0.29, 0.717) is 0 Å². The molecule has 3 nitrogen and oxygen atoms in total. The van der Waals surface area contributed by atoms with Crippen molar-refractivity contribution >= 4 is 5.91 Å². The van der Waals surface area contributed by atoms with E-state index in [1.54, 1.807) is 12.1 Å². The molecule has 0 saturated carbocycles. The smallest absolute Gasteiger partial charge is 0.246 e. The summed E-state index contributed by atoms with van der Waals surface area (Å²) in [5.74, 6) is -0.456. The van der Waals surface area contributed by atoms with Crippen LogP contribution in [-0.2, 0) is 9.53 Å². The van der Waals surface area contributed by atoms with Crippen LogP contribution in [0.1, 0.15) is 53.1 Å². The molecule has 1 atom stereocenters. The van der Waals surface area contributed by atoms with Crippen molar-refractivity contribution in [3.8, 4) is 0 Å². The van der Waals surface area contributed by atoms with E-state index in [-0.39, 0.29) is 35.4 Å². The van der Waals surface area contributed by atoms with Crippen molar-refractivity contribution in [2.24, 2.45) is 5.41 Å². The van der Waals surface area contributed by atoms with Gasteiger partial charge in [-0.25, -0.2) is 4.39 Å². The van der Waals surface area contributed by atoms with E-state index >= 15 is 0 Å². The Hall–Kier alpha value is -1.42. The zero-order valence-electron chi connectivity index (χ0n) is 13.8. The average molecular weight is 295 g/mol. The molecule has 0 heterocycles. The van der Waals surface area contributed by atoms with Gasteiger partial charge < -0.3 is 10.1 Å². The standard InChI is InChI=1S/C17H26FNO2/c1-16(2,3)15(12-7-9-13(18)10-8-12)19-14(20)11-21-17(4,5)6/h7-10,15H,11H2,1-6H3,(H,19,20). The molecule has 1 rings (SSSR count). The summed E-state index contributed by atoms with van der Waals surface area (Å²) in [6, 6.07) is 6.03. The second kappa shape index (κ2) is 6.56. The number of benzene rings is 1. The van der Waals surface area contributed by atoms with E-state index in [2.05, 4.69) is 5.32 Å². The van der Waals surface area contributed by atoms with Crippen LogP contribution in [0, 0.1) is 11.2 Å². The number of hydrogen-bond donors (Lipinski definition) is 1. The van der Waals surface area contributed by atoms with E-state index in [1.165, 1.54) is 12.1 Å². The van der Waals surface area contributed by atoms with Crippen LogP contribution in [-0.4, -0.2) is 18.1 Å². The maximum absolute atomic E-state index is 13.1. The molecule has 1 amide bonds. The summed E-state index contributed by atoms with van der Waals surface area (Å²) in [6.07, 6.45) is 0. The molecule has 1 aromatic carbocycles. The number of rotatable bonds is 4. The topological polar surface area (TPSA) is 38.3 Å². The molecule has 0 aliphatic carbocycles. The van der Waals surface area contributed by atoms with Gasteiger partial charge >= 0.3 is 0 Å². The molecule has 0 spiro atoms. The van der Waals surface area contributed by atoms with Gasteiger partial charge in [0.15, 0.2) is 0 Å². The predicted molar refractivity (Wildman–Crippen MR) is 82.4 cm³/mol. The first-order valence-corrected chi connectivity index (χ1v) is 7.18. The highest BCUT2D eigenvalue weighted by molar-refractivity contribution is 5.77.